The molecular formula is C18H15N3O3S. The molecule has 0 saturated heterocycles. The van der Waals surface area contributed by atoms with Gasteiger partial charge in [-0.15, -0.1) is 11.3 Å². The lowest BCUT2D eigenvalue weighted by Gasteiger charge is -2.05. The van der Waals surface area contributed by atoms with Crippen LogP contribution in [-0.2, 0) is 0 Å². The minimum atomic E-state index is -0.533. The molecule has 4 rings (SSSR count). The lowest BCUT2D eigenvalue weighted by atomic mass is 10.0. The van der Waals surface area contributed by atoms with Gasteiger partial charge in [-0.2, -0.15) is 0 Å². The van der Waals surface area contributed by atoms with Crippen molar-refractivity contribution in [2.24, 2.45) is 0 Å². The SMILES string of the molecule is COc1ccc(-c2c(-c3ccc(C)s3)[nH]c3[nH]c(=O)[nH]c(=O)c23)cc1. The van der Waals surface area contributed by atoms with E-state index in [-0.39, 0.29) is 0 Å². The zero-order valence-corrected chi connectivity index (χ0v) is 14.4. The fraction of sp³-hybridized carbons (Fsp3) is 0.111. The van der Waals surface area contributed by atoms with E-state index in [1.165, 1.54) is 0 Å². The number of nitrogens with one attached hydrogen (secondary N) is 3. The molecule has 0 bridgehead atoms. The smallest absolute Gasteiger partial charge is 0.327 e. The van der Waals surface area contributed by atoms with Gasteiger partial charge in [0.1, 0.15) is 11.4 Å². The Morgan fingerprint density at radius 1 is 0.960 bits per heavy atom. The van der Waals surface area contributed by atoms with Gasteiger partial charge in [-0.25, -0.2) is 4.79 Å². The fourth-order valence-electron chi connectivity index (χ4n) is 2.93. The molecule has 1 aromatic carbocycles. The first-order chi connectivity index (χ1) is 12.1. The molecule has 0 atom stereocenters. The maximum Gasteiger partial charge on any atom is 0.327 e. The van der Waals surface area contributed by atoms with Crippen LogP contribution in [-0.4, -0.2) is 22.1 Å². The van der Waals surface area contributed by atoms with Crippen molar-refractivity contribution in [1.29, 1.82) is 0 Å². The average molecular weight is 353 g/mol. The van der Waals surface area contributed by atoms with Crippen molar-refractivity contribution in [3.63, 3.8) is 0 Å². The Balaban J connectivity index is 2.08. The molecule has 0 radical (unpaired) electrons. The lowest BCUT2D eigenvalue weighted by molar-refractivity contribution is 0.415. The van der Waals surface area contributed by atoms with Crippen molar-refractivity contribution < 1.29 is 4.74 Å². The summed E-state index contributed by atoms with van der Waals surface area (Å²) in [6.07, 6.45) is 0. The molecule has 0 aliphatic rings. The van der Waals surface area contributed by atoms with E-state index in [1.54, 1.807) is 18.4 Å². The van der Waals surface area contributed by atoms with Crippen LogP contribution in [0.1, 0.15) is 4.88 Å². The van der Waals surface area contributed by atoms with Gasteiger partial charge in [0, 0.05) is 10.4 Å². The number of aromatic nitrogens is 3. The highest BCUT2D eigenvalue weighted by Gasteiger charge is 2.19. The summed E-state index contributed by atoms with van der Waals surface area (Å²) in [6, 6.07) is 11.5. The van der Waals surface area contributed by atoms with Crippen molar-refractivity contribution in [1.82, 2.24) is 15.0 Å². The molecule has 0 aliphatic heterocycles. The number of rotatable bonds is 3. The van der Waals surface area contributed by atoms with E-state index in [2.05, 4.69) is 15.0 Å². The number of fused-ring (bicyclic) bond motifs is 1. The van der Waals surface area contributed by atoms with Gasteiger partial charge in [0.05, 0.1) is 23.1 Å². The predicted molar refractivity (Wildman–Crippen MR) is 99.6 cm³/mol. The van der Waals surface area contributed by atoms with E-state index in [0.29, 0.717) is 11.0 Å². The second-order valence-corrected chi connectivity index (χ2v) is 6.96. The Hall–Kier alpha value is -3.06. The number of methoxy groups -OCH3 is 1. The number of aromatic amines is 3. The Morgan fingerprint density at radius 3 is 2.36 bits per heavy atom. The molecule has 3 heterocycles. The number of hydrogen-bond acceptors (Lipinski definition) is 4. The first-order valence-electron chi connectivity index (χ1n) is 7.66. The van der Waals surface area contributed by atoms with Gasteiger partial charge in [0.15, 0.2) is 0 Å². The molecule has 3 aromatic heterocycles. The van der Waals surface area contributed by atoms with Crippen LogP contribution in [0.25, 0.3) is 32.7 Å². The molecule has 0 unspecified atom stereocenters. The molecule has 126 valence electrons. The molecule has 0 spiro atoms. The van der Waals surface area contributed by atoms with E-state index >= 15 is 0 Å². The Morgan fingerprint density at radius 2 is 1.72 bits per heavy atom. The predicted octanol–water partition coefficient (Wildman–Crippen LogP) is 3.26. The van der Waals surface area contributed by atoms with Crippen LogP contribution in [0.4, 0.5) is 0 Å². The monoisotopic (exact) mass is 353 g/mol. The lowest BCUT2D eigenvalue weighted by Crippen LogP contribution is -2.21. The topological polar surface area (TPSA) is 90.7 Å². The van der Waals surface area contributed by atoms with Crippen molar-refractivity contribution in [3.8, 4) is 27.4 Å². The zero-order valence-electron chi connectivity index (χ0n) is 13.6. The average Bonchev–Trinajstić information content (AvgIpc) is 3.18. The van der Waals surface area contributed by atoms with Crippen LogP contribution < -0.4 is 16.0 Å². The third kappa shape index (κ3) is 2.58. The maximum atomic E-state index is 12.4. The second-order valence-electron chi connectivity index (χ2n) is 5.67. The van der Waals surface area contributed by atoms with E-state index in [1.807, 2.05) is 43.3 Å². The van der Waals surface area contributed by atoms with Crippen LogP contribution in [0, 0.1) is 6.92 Å². The van der Waals surface area contributed by atoms with E-state index < -0.39 is 11.2 Å². The van der Waals surface area contributed by atoms with Gasteiger partial charge >= 0.3 is 5.69 Å². The van der Waals surface area contributed by atoms with E-state index in [0.717, 1.165) is 32.3 Å². The van der Waals surface area contributed by atoms with Gasteiger partial charge < -0.3 is 9.72 Å². The van der Waals surface area contributed by atoms with Crippen LogP contribution in [0.15, 0.2) is 46.0 Å². The van der Waals surface area contributed by atoms with Gasteiger partial charge in [-0.05, 0) is 36.8 Å². The van der Waals surface area contributed by atoms with Crippen molar-refractivity contribution in [2.45, 2.75) is 6.92 Å². The molecule has 4 aromatic rings. The third-order valence-corrected chi connectivity index (χ3v) is 5.08. The summed E-state index contributed by atoms with van der Waals surface area (Å²) in [5.74, 6) is 0.736. The molecule has 0 aliphatic carbocycles. The third-order valence-electron chi connectivity index (χ3n) is 4.06. The summed E-state index contributed by atoms with van der Waals surface area (Å²) in [5, 5.41) is 0.436. The molecule has 3 N–H and O–H groups in total. The van der Waals surface area contributed by atoms with Crippen LogP contribution in [0.5, 0.6) is 5.75 Å². The largest absolute Gasteiger partial charge is 0.497 e. The standard InChI is InChI=1S/C18H15N3O3S/c1-9-3-8-12(25-9)15-13(10-4-6-11(24-2)7-5-10)14-16(19-15)20-18(23)21-17(14)22/h3-8H,1-2H3,(H3,19,20,21,22,23). The fourth-order valence-corrected chi connectivity index (χ4v) is 3.81. The Kier molecular flexibility index (Phi) is 3.58. The van der Waals surface area contributed by atoms with Crippen molar-refractivity contribution in [2.75, 3.05) is 7.11 Å². The molecule has 7 heteroatoms. The quantitative estimate of drug-likeness (QED) is 0.528. The van der Waals surface area contributed by atoms with Gasteiger partial charge in [-0.1, -0.05) is 12.1 Å². The molecule has 0 fully saturated rings. The van der Waals surface area contributed by atoms with Gasteiger partial charge in [0.2, 0.25) is 0 Å². The summed E-state index contributed by atoms with van der Waals surface area (Å²) in [6.45, 7) is 2.03. The first-order valence-corrected chi connectivity index (χ1v) is 8.48. The first kappa shape index (κ1) is 15.5. The summed E-state index contributed by atoms with van der Waals surface area (Å²) < 4.78 is 5.21. The molecule has 0 saturated carbocycles. The number of hydrogen-bond donors (Lipinski definition) is 3. The van der Waals surface area contributed by atoms with Crippen molar-refractivity contribution in [3.05, 3.63) is 62.1 Å². The number of benzene rings is 1. The molecule has 25 heavy (non-hydrogen) atoms. The number of ether oxygens (including phenoxy) is 1. The number of H-pyrrole nitrogens is 3. The molecule has 0 amide bonds. The minimum Gasteiger partial charge on any atom is -0.497 e. The normalized spacial score (nSPS) is 11.1. The number of thiophene rings is 1. The van der Waals surface area contributed by atoms with E-state index in [4.69, 9.17) is 4.74 Å². The molecule has 6 nitrogen and oxygen atoms in total. The van der Waals surface area contributed by atoms with Gasteiger partial charge in [-0.3, -0.25) is 14.8 Å². The van der Waals surface area contributed by atoms with Crippen LogP contribution in [0.2, 0.25) is 0 Å². The summed E-state index contributed by atoms with van der Waals surface area (Å²) >= 11 is 1.62. The van der Waals surface area contributed by atoms with Crippen molar-refractivity contribution >= 4 is 22.4 Å². The van der Waals surface area contributed by atoms with Crippen LogP contribution in [0.3, 0.4) is 0 Å². The summed E-state index contributed by atoms with van der Waals surface area (Å²) in [4.78, 5) is 34.4. The van der Waals surface area contributed by atoms with E-state index in [9.17, 15) is 9.59 Å². The number of aryl methyl sites for hydroxylation is 1. The zero-order chi connectivity index (χ0) is 17.6. The Bertz CT molecular complexity index is 1180. The highest BCUT2D eigenvalue weighted by Crippen LogP contribution is 2.39. The highest BCUT2D eigenvalue weighted by atomic mass is 32.1. The van der Waals surface area contributed by atoms with Crippen LogP contribution >= 0.6 is 11.3 Å². The molecular weight excluding hydrogens is 338 g/mol. The second kappa shape index (κ2) is 5.78. The summed E-state index contributed by atoms with van der Waals surface area (Å²) in [5.41, 5.74) is 1.91. The maximum absolute atomic E-state index is 12.4. The van der Waals surface area contributed by atoms with Gasteiger partial charge in [0.25, 0.3) is 5.56 Å². The summed E-state index contributed by atoms with van der Waals surface area (Å²) in [7, 11) is 1.61. The minimum absolute atomic E-state index is 0.416. The highest BCUT2D eigenvalue weighted by molar-refractivity contribution is 7.15. The Labute approximate surface area is 146 Å².